The Bertz CT molecular complexity index is 38.5. The van der Waals surface area contributed by atoms with Crippen LogP contribution < -0.4 is 11.3 Å². The van der Waals surface area contributed by atoms with Gasteiger partial charge in [-0.25, -0.2) is 9.82 Å². The largest absolute Gasteiger partial charge is 0.269 e. The summed E-state index contributed by atoms with van der Waals surface area (Å²) < 4.78 is 11.9. The SMILES string of the molecule is CC(C)(F)NN. The number of hydrazine groups is 1. The topological polar surface area (TPSA) is 38.0 Å². The van der Waals surface area contributed by atoms with E-state index < -0.39 is 5.79 Å². The van der Waals surface area contributed by atoms with Gasteiger partial charge in [-0.2, -0.15) is 0 Å². The molecule has 0 rings (SSSR count). The highest BCUT2D eigenvalue weighted by atomic mass is 19.1. The Balaban J connectivity index is 3.17. The van der Waals surface area contributed by atoms with Gasteiger partial charge in [0.1, 0.15) is 0 Å². The summed E-state index contributed by atoms with van der Waals surface area (Å²) in [6, 6.07) is 0. The average Bonchev–Trinajstić information content (AvgIpc) is 1.35. The molecule has 0 aromatic heterocycles. The molecule has 38 valence electrons. The Morgan fingerprint density at radius 1 is 1.67 bits per heavy atom. The van der Waals surface area contributed by atoms with Crippen LogP contribution in [0.15, 0.2) is 0 Å². The van der Waals surface area contributed by atoms with E-state index >= 15 is 0 Å². The monoisotopic (exact) mass is 92.1 g/mol. The first-order valence-corrected chi connectivity index (χ1v) is 1.73. The average molecular weight is 92.1 g/mol. The highest BCUT2D eigenvalue weighted by Gasteiger charge is 2.09. The van der Waals surface area contributed by atoms with E-state index in [9.17, 15) is 4.39 Å². The summed E-state index contributed by atoms with van der Waals surface area (Å²) in [6.07, 6.45) is 0. The molecule has 3 heteroatoms. The van der Waals surface area contributed by atoms with Crippen molar-refractivity contribution >= 4 is 0 Å². The summed E-state index contributed by atoms with van der Waals surface area (Å²) in [5.74, 6) is 3.25. The Kier molecular flexibility index (Phi) is 1.49. The maximum atomic E-state index is 11.9. The van der Waals surface area contributed by atoms with Gasteiger partial charge in [-0.1, -0.05) is 0 Å². The summed E-state index contributed by atoms with van der Waals surface area (Å²) in [5, 5.41) is 0. The van der Waals surface area contributed by atoms with Gasteiger partial charge in [-0.15, -0.1) is 0 Å². The van der Waals surface area contributed by atoms with Crippen LogP contribution in [0.5, 0.6) is 0 Å². The Morgan fingerprint density at radius 2 is 1.83 bits per heavy atom. The molecule has 2 nitrogen and oxygen atoms in total. The van der Waals surface area contributed by atoms with Crippen LogP contribution in [0.3, 0.4) is 0 Å². The molecule has 0 amide bonds. The smallest absolute Gasteiger partial charge is 0.167 e. The van der Waals surface area contributed by atoms with E-state index in [0.717, 1.165) is 0 Å². The zero-order valence-electron chi connectivity index (χ0n) is 3.96. The molecule has 3 N–H and O–H groups in total. The molecular weight excluding hydrogens is 83.0 g/mol. The Morgan fingerprint density at radius 3 is 1.83 bits per heavy atom. The van der Waals surface area contributed by atoms with Crippen molar-refractivity contribution in [1.82, 2.24) is 5.43 Å². The quantitative estimate of drug-likeness (QED) is 0.274. The fourth-order valence-corrected chi connectivity index (χ4v) is 0. The zero-order valence-corrected chi connectivity index (χ0v) is 3.96. The van der Waals surface area contributed by atoms with Gasteiger partial charge < -0.3 is 0 Å². The summed E-state index contributed by atoms with van der Waals surface area (Å²) in [6.45, 7) is 2.68. The van der Waals surface area contributed by atoms with Gasteiger partial charge >= 0.3 is 0 Å². The second-order valence-corrected chi connectivity index (χ2v) is 1.62. The molecule has 0 saturated heterocycles. The summed E-state index contributed by atoms with van der Waals surface area (Å²) in [4.78, 5) is 0. The molecule has 0 aliphatic rings. The first kappa shape index (κ1) is 5.85. The number of halogens is 1. The van der Waals surface area contributed by atoms with Gasteiger partial charge in [-0.3, -0.25) is 5.84 Å². The van der Waals surface area contributed by atoms with Gasteiger partial charge in [-0.05, 0) is 13.8 Å². The van der Waals surface area contributed by atoms with Gasteiger partial charge in [0.2, 0.25) is 0 Å². The Hall–Kier alpha value is -0.150. The lowest BCUT2D eigenvalue weighted by molar-refractivity contribution is 0.165. The van der Waals surface area contributed by atoms with Crippen molar-refractivity contribution < 1.29 is 4.39 Å². The van der Waals surface area contributed by atoms with E-state index in [4.69, 9.17) is 0 Å². The molecule has 0 aromatic rings. The van der Waals surface area contributed by atoms with Crippen LogP contribution in [0.2, 0.25) is 0 Å². The van der Waals surface area contributed by atoms with E-state index in [2.05, 4.69) is 5.84 Å². The van der Waals surface area contributed by atoms with Gasteiger partial charge in [0, 0.05) is 0 Å². The molecule has 0 heterocycles. The summed E-state index contributed by atoms with van der Waals surface area (Å²) in [7, 11) is 0. The van der Waals surface area contributed by atoms with Crippen LogP contribution >= 0.6 is 0 Å². The van der Waals surface area contributed by atoms with Gasteiger partial charge in [0.05, 0.1) is 0 Å². The minimum atomic E-state index is -1.43. The third-order valence-electron chi connectivity index (χ3n) is 0.343. The minimum Gasteiger partial charge on any atom is -0.269 e. The highest BCUT2D eigenvalue weighted by Crippen LogP contribution is 1.97. The second kappa shape index (κ2) is 1.53. The maximum absolute atomic E-state index is 11.9. The number of alkyl halides is 1. The molecule has 0 aromatic carbocycles. The van der Waals surface area contributed by atoms with Crippen LogP contribution in [0.25, 0.3) is 0 Å². The molecule has 0 unspecified atom stereocenters. The van der Waals surface area contributed by atoms with Crippen molar-refractivity contribution in [3.63, 3.8) is 0 Å². The molecule has 0 saturated carbocycles. The Labute approximate surface area is 36.5 Å². The van der Waals surface area contributed by atoms with Crippen molar-refractivity contribution in [2.75, 3.05) is 0 Å². The van der Waals surface area contributed by atoms with Crippen molar-refractivity contribution in [2.45, 2.75) is 19.6 Å². The zero-order chi connectivity index (χ0) is 5.21. The highest BCUT2D eigenvalue weighted by molar-refractivity contribution is 4.53. The van der Waals surface area contributed by atoms with E-state index in [-0.39, 0.29) is 0 Å². The molecular formula is C3H9FN2. The normalized spacial score (nSPS) is 12.0. The van der Waals surface area contributed by atoms with E-state index in [1.807, 2.05) is 5.43 Å². The van der Waals surface area contributed by atoms with Gasteiger partial charge in [0.25, 0.3) is 0 Å². The van der Waals surface area contributed by atoms with E-state index in [1.54, 1.807) is 0 Å². The predicted molar refractivity (Wildman–Crippen MR) is 22.5 cm³/mol. The number of nitrogens with two attached hydrogens (primary N) is 1. The van der Waals surface area contributed by atoms with Crippen molar-refractivity contribution in [3.05, 3.63) is 0 Å². The number of hydrogen-bond donors (Lipinski definition) is 2. The van der Waals surface area contributed by atoms with E-state index in [0.29, 0.717) is 0 Å². The first-order valence-electron chi connectivity index (χ1n) is 1.73. The lowest BCUT2D eigenvalue weighted by Gasteiger charge is -2.09. The van der Waals surface area contributed by atoms with Crippen LogP contribution in [0.1, 0.15) is 13.8 Å². The fraction of sp³-hybridized carbons (Fsp3) is 1.00. The van der Waals surface area contributed by atoms with Crippen LogP contribution in [-0.2, 0) is 0 Å². The molecule has 0 aliphatic carbocycles. The van der Waals surface area contributed by atoms with Crippen molar-refractivity contribution in [2.24, 2.45) is 5.84 Å². The summed E-state index contributed by atoms with van der Waals surface area (Å²) >= 11 is 0. The van der Waals surface area contributed by atoms with Crippen molar-refractivity contribution in [1.29, 1.82) is 0 Å². The second-order valence-electron chi connectivity index (χ2n) is 1.62. The molecule has 0 fully saturated rings. The number of nitrogens with one attached hydrogen (secondary N) is 1. The maximum Gasteiger partial charge on any atom is 0.167 e. The standard InChI is InChI=1S/C3H9FN2/c1-3(2,4)6-5/h6H,5H2,1-2H3. The molecule has 0 atom stereocenters. The van der Waals surface area contributed by atoms with Crippen LogP contribution in [0.4, 0.5) is 4.39 Å². The molecule has 0 radical (unpaired) electrons. The number of rotatable bonds is 1. The van der Waals surface area contributed by atoms with E-state index in [1.165, 1.54) is 13.8 Å². The lowest BCUT2D eigenvalue weighted by Crippen LogP contribution is -2.39. The van der Waals surface area contributed by atoms with Crippen molar-refractivity contribution in [3.8, 4) is 0 Å². The lowest BCUT2D eigenvalue weighted by atomic mass is 10.4. The predicted octanol–water partition coefficient (Wildman–Crippen LogP) is 0.155. The molecule has 6 heavy (non-hydrogen) atoms. The minimum absolute atomic E-state index is 1.34. The summed E-state index contributed by atoms with van der Waals surface area (Å²) in [5.41, 5.74) is 1.94. The fourth-order valence-electron chi connectivity index (χ4n) is 0. The molecule has 0 bridgehead atoms. The first-order chi connectivity index (χ1) is 2.56. The third-order valence-corrected chi connectivity index (χ3v) is 0.343. The van der Waals surface area contributed by atoms with Crippen LogP contribution in [0, 0.1) is 0 Å². The van der Waals surface area contributed by atoms with Crippen LogP contribution in [-0.4, -0.2) is 5.79 Å². The molecule has 0 aliphatic heterocycles. The number of hydrogen-bond acceptors (Lipinski definition) is 2. The van der Waals surface area contributed by atoms with Gasteiger partial charge in [0.15, 0.2) is 5.79 Å². The molecule has 0 spiro atoms. The third kappa shape index (κ3) is 3.85.